The van der Waals surface area contributed by atoms with Crippen LogP contribution in [0.15, 0.2) is 486 Å². The first-order valence-corrected chi connectivity index (χ1v) is 44.3. The fourth-order valence-corrected chi connectivity index (χ4v) is 20.8. The highest BCUT2D eigenvalue weighted by Gasteiger charge is 2.24. The van der Waals surface area contributed by atoms with Gasteiger partial charge in [0.1, 0.15) is 33.5 Å². The van der Waals surface area contributed by atoms with E-state index in [1.165, 1.54) is 197 Å². The third kappa shape index (κ3) is 12.6. The van der Waals surface area contributed by atoms with Gasteiger partial charge in [0.15, 0.2) is 0 Å². The van der Waals surface area contributed by atoms with Gasteiger partial charge in [-0.1, -0.05) is 413 Å². The van der Waals surface area contributed by atoms with Crippen molar-refractivity contribution in [3.05, 3.63) is 473 Å². The van der Waals surface area contributed by atoms with E-state index in [0.717, 1.165) is 66.0 Å². The minimum absolute atomic E-state index is 0.914. The van der Waals surface area contributed by atoms with Crippen LogP contribution in [0.1, 0.15) is 0 Å². The summed E-state index contributed by atoms with van der Waals surface area (Å²) in [6.07, 6.45) is 0. The van der Waals surface area contributed by atoms with Gasteiger partial charge in [-0.2, -0.15) is 0 Å². The van der Waals surface area contributed by atoms with Crippen molar-refractivity contribution in [1.29, 1.82) is 0 Å². The Hall–Kier alpha value is -17.0. The van der Waals surface area contributed by atoms with Crippen LogP contribution in [0, 0.1) is 0 Å². The number of fused-ring (bicyclic) bond motifs is 21. The van der Waals surface area contributed by atoms with Gasteiger partial charge in [-0.05, 0) is 252 Å². The van der Waals surface area contributed by atoms with Crippen molar-refractivity contribution in [2.24, 2.45) is 0 Å². The Kier molecular flexibility index (Phi) is 18.0. The molecule has 0 N–H and O–H groups in total. The van der Waals surface area contributed by atoms with E-state index in [2.05, 4.69) is 467 Å². The van der Waals surface area contributed by atoms with Crippen molar-refractivity contribution in [2.45, 2.75) is 0 Å². The zero-order valence-corrected chi connectivity index (χ0v) is 70.3. The number of hydrogen-bond donors (Lipinski definition) is 0. The van der Waals surface area contributed by atoms with E-state index in [1.54, 1.807) is 0 Å². The molecule has 27 aromatic rings. The predicted octanol–water partition coefficient (Wildman–Crippen LogP) is 36.1. The average molecular weight is 1640 g/mol. The number of hydrogen-bond acceptors (Lipinski definition) is 3. The summed E-state index contributed by atoms with van der Waals surface area (Å²) in [6, 6.07) is 170. The molecule has 600 valence electrons. The van der Waals surface area contributed by atoms with Gasteiger partial charge < -0.3 is 13.3 Å². The van der Waals surface area contributed by atoms with E-state index in [4.69, 9.17) is 13.3 Å². The Balaban J connectivity index is 0.000000105. The quantitative estimate of drug-likeness (QED) is 0.135. The van der Waals surface area contributed by atoms with Gasteiger partial charge in [0.05, 0.1) is 0 Å². The molecule has 0 fully saturated rings. The van der Waals surface area contributed by atoms with Gasteiger partial charge in [0.2, 0.25) is 0 Å². The number of rotatable bonds is 9. The Morgan fingerprint density at radius 3 is 0.845 bits per heavy atom. The molecule has 0 aliphatic rings. The molecule has 129 heavy (non-hydrogen) atoms. The van der Waals surface area contributed by atoms with Gasteiger partial charge in [-0.25, -0.2) is 0 Å². The lowest BCUT2D eigenvalue weighted by atomic mass is 9.85. The minimum Gasteiger partial charge on any atom is -0.456 e. The first kappa shape index (κ1) is 74.6. The summed E-state index contributed by atoms with van der Waals surface area (Å²) in [5, 5.41) is 29.4. The third-order valence-corrected chi connectivity index (χ3v) is 26.5. The van der Waals surface area contributed by atoms with Gasteiger partial charge in [0.25, 0.3) is 0 Å². The minimum atomic E-state index is 0.914. The zero-order valence-electron chi connectivity index (χ0n) is 70.3. The highest BCUT2D eigenvalue weighted by molar-refractivity contribution is 6.27. The van der Waals surface area contributed by atoms with Crippen LogP contribution < -0.4 is 0 Å². The Morgan fingerprint density at radius 2 is 0.403 bits per heavy atom. The third-order valence-electron chi connectivity index (χ3n) is 26.5. The molecule has 0 unspecified atom stereocenters. The SMILES string of the molecule is c1ccc(-c2c3ccccc3c(-c3ccc(-c4cc5c6ccccc6oc5c5ccccc45)cc3)c3ccccc23)cc1.c1ccc(-c2c3ccccc3c(-c3cccc(-c4ccc5c(c4)oc4ccc6ccccc6c45)c3)c3ccccc23)cc1.c1ccc(-c2c3ccccc3c(-c3cccc(-c4ccc5oc6ccc7ccccc7c6c5c4)c3)c3ccccc23)cc1. The monoisotopic (exact) mass is 1640 g/mol. The molecule has 0 saturated carbocycles. The molecule has 0 atom stereocenters. The fourth-order valence-electron chi connectivity index (χ4n) is 20.8. The second kappa shape index (κ2) is 31.1. The van der Waals surface area contributed by atoms with Crippen LogP contribution in [0.4, 0.5) is 0 Å². The summed E-state index contributed by atoms with van der Waals surface area (Å²) in [7, 11) is 0. The number of furan rings is 3. The number of para-hydroxylation sites is 1. The topological polar surface area (TPSA) is 39.4 Å². The van der Waals surface area contributed by atoms with E-state index in [9.17, 15) is 0 Å². The molecule has 3 heteroatoms. The molecule has 3 aromatic heterocycles. The fraction of sp³-hybridized carbons (Fsp3) is 0. The highest BCUT2D eigenvalue weighted by atomic mass is 16.3. The molecular weight excluding hydrogens is 1560 g/mol. The molecule has 0 bridgehead atoms. The van der Waals surface area contributed by atoms with E-state index in [1.807, 2.05) is 6.07 Å². The normalized spacial score (nSPS) is 11.7. The van der Waals surface area contributed by atoms with Crippen LogP contribution in [-0.4, -0.2) is 0 Å². The Bertz CT molecular complexity index is 8990. The maximum Gasteiger partial charge on any atom is 0.143 e. The molecular formula is C126H78O3. The van der Waals surface area contributed by atoms with E-state index in [0.29, 0.717) is 0 Å². The molecule has 0 aliphatic heterocycles. The lowest BCUT2D eigenvalue weighted by molar-refractivity contribution is 0.669. The largest absolute Gasteiger partial charge is 0.456 e. The smallest absolute Gasteiger partial charge is 0.143 e. The van der Waals surface area contributed by atoms with Crippen LogP contribution >= 0.6 is 0 Å². The first-order chi connectivity index (χ1) is 64.0. The average Bonchev–Trinajstić information content (AvgIpc) is 1.63. The predicted molar refractivity (Wildman–Crippen MR) is 548 cm³/mol. The zero-order chi connectivity index (χ0) is 85.0. The first-order valence-electron chi connectivity index (χ1n) is 44.3. The van der Waals surface area contributed by atoms with Crippen molar-refractivity contribution in [3.8, 4) is 100 Å². The van der Waals surface area contributed by atoms with Gasteiger partial charge in [-0.3, -0.25) is 0 Å². The second-order valence-corrected chi connectivity index (χ2v) is 33.8. The molecule has 0 saturated heterocycles. The molecule has 0 spiro atoms. The summed E-state index contributed by atoms with van der Waals surface area (Å²) in [6.45, 7) is 0. The lowest BCUT2D eigenvalue weighted by Crippen LogP contribution is -1.91. The maximum absolute atomic E-state index is 6.41. The molecule has 27 rings (SSSR count). The van der Waals surface area contributed by atoms with Crippen LogP contribution in [0.3, 0.4) is 0 Å². The van der Waals surface area contributed by atoms with Gasteiger partial charge in [0, 0.05) is 37.7 Å². The Labute approximate surface area is 744 Å². The lowest BCUT2D eigenvalue weighted by Gasteiger charge is -2.18. The summed E-state index contributed by atoms with van der Waals surface area (Å²) in [5.41, 5.74) is 27.7. The maximum atomic E-state index is 6.41. The molecule has 3 heterocycles. The van der Waals surface area contributed by atoms with Crippen molar-refractivity contribution in [3.63, 3.8) is 0 Å². The number of benzene rings is 24. The molecule has 3 nitrogen and oxygen atoms in total. The Morgan fingerprint density at radius 1 is 0.116 bits per heavy atom. The van der Waals surface area contributed by atoms with Crippen LogP contribution in [-0.2, 0) is 0 Å². The van der Waals surface area contributed by atoms with Crippen molar-refractivity contribution >= 4 is 163 Å². The summed E-state index contributed by atoms with van der Waals surface area (Å²) in [5.74, 6) is 0. The van der Waals surface area contributed by atoms with E-state index < -0.39 is 0 Å². The molecule has 0 radical (unpaired) electrons. The molecule has 0 amide bonds. The van der Waals surface area contributed by atoms with E-state index >= 15 is 0 Å². The van der Waals surface area contributed by atoms with Crippen LogP contribution in [0.2, 0.25) is 0 Å². The van der Waals surface area contributed by atoms with E-state index in [-0.39, 0.29) is 0 Å². The van der Waals surface area contributed by atoms with Crippen LogP contribution in [0.5, 0.6) is 0 Å². The van der Waals surface area contributed by atoms with Gasteiger partial charge in [-0.15, -0.1) is 0 Å². The van der Waals surface area contributed by atoms with Gasteiger partial charge >= 0.3 is 0 Å². The standard InChI is InChI=1S/3C42H26O/c1-2-12-28(13-3-1)40-32-16-5-7-18-34(32)41(35-19-8-6-17-33(35)40)29-24-22-27(23-25-29)37-26-38-31-15-10-11-21-39(31)43-42(38)36-20-9-4-14-30(36)37;1-2-12-28(13-3-1)40-33-17-6-8-19-35(33)41(36-20-9-7-18-34(36)40)31-15-10-14-29(25-31)30-22-23-38-37(26-30)42-32-16-5-4-11-27(32)21-24-39(42)43-38;1-2-12-28(13-3-1)40-33-17-6-8-19-35(33)41(36-20-9-7-18-34(36)40)31-15-10-14-29(25-31)30-21-23-37-39(26-30)43-38-24-22-27-11-4-5-16-32(27)42(37)38/h3*1-26H. The molecule has 0 aliphatic carbocycles. The van der Waals surface area contributed by atoms with Crippen molar-refractivity contribution in [2.75, 3.05) is 0 Å². The second-order valence-electron chi connectivity index (χ2n) is 33.8. The summed E-state index contributed by atoms with van der Waals surface area (Å²) >= 11 is 0. The summed E-state index contributed by atoms with van der Waals surface area (Å²) < 4.78 is 19.1. The van der Waals surface area contributed by atoms with Crippen molar-refractivity contribution in [1.82, 2.24) is 0 Å². The van der Waals surface area contributed by atoms with Crippen LogP contribution in [0.25, 0.3) is 263 Å². The molecule has 24 aromatic carbocycles. The summed E-state index contributed by atoms with van der Waals surface area (Å²) in [4.78, 5) is 0. The van der Waals surface area contributed by atoms with Crippen molar-refractivity contribution < 1.29 is 13.3 Å². The highest BCUT2D eigenvalue weighted by Crippen LogP contribution is 2.51.